The summed E-state index contributed by atoms with van der Waals surface area (Å²) in [6, 6.07) is 13.3. The van der Waals surface area contributed by atoms with E-state index < -0.39 is 17.7 Å². The van der Waals surface area contributed by atoms with Crippen LogP contribution in [0.5, 0.6) is 11.5 Å². The zero-order valence-electron chi connectivity index (χ0n) is 18.2. The van der Waals surface area contributed by atoms with Crippen molar-refractivity contribution in [1.29, 1.82) is 0 Å². The lowest BCUT2D eigenvalue weighted by Crippen LogP contribution is -2.36. The Labute approximate surface area is 187 Å². The molecule has 4 rings (SSSR count). The number of hydrogen-bond acceptors (Lipinski definition) is 6. The lowest BCUT2D eigenvalue weighted by atomic mass is 9.95. The Hall–Kier alpha value is -3.32. The molecular weight excluding hydrogens is 410 g/mol. The van der Waals surface area contributed by atoms with E-state index >= 15 is 0 Å². The Kier molecular flexibility index (Phi) is 6.46. The first-order chi connectivity index (χ1) is 15.5. The summed E-state index contributed by atoms with van der Waals surface area (Å²) < 4.78 is 16.4. The van der Waals surface area contributed by atoms with E-state index in [0.29, 0.717) is 36.8 Å². The molecule has 2 aromatic carbocycles. The topological polar surface area (TPSA) is 85.3 Å². The number of benzene rings is 2. The van der Waals surface area contributed by atoms with Gasteiger partial charge in [0.15, 0.2) is 0 Å². The Bertz CT molecular complexity index is 1010. The van der Waals surface area contributed by atoms with Gasteiger partial charge in [-0.1, -0.05) is 12.1 Å². The van der Waals surface area contributed by atoms with E-state index in [9.17, 15) is 14.7 Å². The summed E-state index contributed by atoms with van der Waals surface area (Å²) in [5.41, 5.74) is 1.24. The lowest BCUT2D eigenvalue weighted by molar-refractivity contribution is -0.140. The summed E-state index contributed by atoms with van der Waals surface area (Å²) in [4.78, 5) is 27.6. The van der Waals surface area contributed by atoms with Crippen LogP contribution in [0, 0.1) is 0 Å². The quantitative estimate of drug-likeness (QED) is 0.404. The fourth-order valence-electron chi connectivity index (χ4n) is 4.24. The Morgan fingerprint density at radius 3 is 2.38 bits per heavy atom. The maximum atomic E-state index is 13.1. The lowest BCUT2D eigenvalue weighted by Gasteiger charge is -2.27. The summed E-state index contributed by atoms with van der Waals surface area (Å²) in [6.07, 6.45) is 1.63. The molecule has 1 N–H and O–H groups in total. The molecule has 2 aliphatic rings. The molecule has 2 aromatic rings. The zero-order valence-corrected chi connectivity index (χ0v) is 18.2. The molecule has 0 aromatic heterocycles. The number of ketones is 1. The van der Waals surface area contributed by atoms with Crippen molar-refractivity contribution in [1.82, 2.24) is 4.90 Å². The van der Waals surface area contributed by atoms with Gasteiger partial charge in [0.2, 0.25) is 0 Å². The van der Waals surface area contributed by atoms with Crippen LogP contribution in [0.25, 0.3) is 5.76 Å². The number of carbonyl (C=O) groups excluding carboxylic acids is 2. The Morgan fingerprint density at radius 1 is 1.09 bits per heavy atom. The molecule has 0 bridgehead atoms. The minimum absolute atomic E-state index is 0.0716. The van der Waals surface area contributed by atoms with E-state index in [1.165, 1.54) is 4.90 Å². The van der Waals surface area contributed by atoms with Crippen LogP contribution < -0.4 is 9.47 Å². The molecular formula is C25H27NO6. The van der Waals surface area contributed by atoms with Gasteiger partial charge in [-0.15, -0.1) is 0 Å². The molecule has 7 nitrogen and oxygen atoms in total. The van der Waals surface area contributed by atoms with E-state index in [-0.39, 0.29) is 17.4 Å². The molecule has 1 amide bonds. The number of amides is 1. The number of methoxy groups -OCH3 is 1. The van der Waals surface area contributed by atoms with Crippen molar-refractivity contribution in [2.45, 2.75) is 31.9 Å². The molecule has 168 valence electrons. The SMILES string of the molecule is CCOc1ccc([C@@H]2/C(=C(\O)c3ccc(OC)cc3)C(=O)C(=O)N2C[C@H]2CCCO2)cc1. The highest BCUT2D eigenvalue weighted by Gasteiger charge is 2.47. The first kappa shape index (κ1) is 21.9. The van der Waals surface area contributed by atoms with Crippen LogP contribution in [0.15, 0.2) is 54.1 Å². The minimum atomic E-state index is -0.711. The number of Topliss-reactive ketones (excluding diaryl/α,β-unsaturated/α-hetero) is 1. The number of aliphatic hydroxyl groups excluding tert-OH is 1. The van der Waals surface area contributed by atoms with Gasteiger partial charge in [0.25, 0.3) is 11.7 Å². The van der Waals surface area contributed by atoms with Crippen LogP contribution >= 0.6 is 0 Å². The number of aliphatic hydroxyl groups is 1. The van der Waals surface area contributed by atoms with E-state index in [1.54, 1.807) is 43.5 Å². The summed E-state index contributed by atoms with van der Waals surface area (Å²) in [7, 11) is 1.55. The number of rotatable bonds is 7. The van der Waals surface area contributed by atoms with Gasteiger partial charge in [-0.05, 0) is 61.7 Å². The molecule has 2 atom stereocenters. The fraction of sp³-hybridized carbons (Fsp3) is 0.360. The van der Waals surface area contributed by atoms with Crippen molar-refractivity contribution in [3.8, 4) is 11.5 Å². The molecule has 7 heteroatoms. The van der Waals surface area contributed by atoms with Crippen molar-refractivity contribution in [3.05, 3.63) is 65.2 Å². The fourth-order valence-corrected chi connectivity index (χ4v) is 4.24. The smallest absolute Gasteiger partial charge is 0.295 e. The standard InChI is InChI=1S/C25H27NO6/c1-3-31-19-12-6-16(7-13-19)22-21(23(27)17-8-10-18(30-2)11-9-17)24(28)25(29)26(22)15-20-5-4-14-32-20/h6-13,20,22,27H,3-5,14-15H2,1-2H3/b23-21+/t20-,22-/m1/s1. The van der Waals surface area contributed by atoms with Crippen LogP contribution in [0.3, 0.4) is 0 Å². The second-order valence-corrected chi connectivity index (χ2v) is 7.82. The van der Waals surface area contributed by atoms with Crippen LogP contribution in [0.4, 0.5) is 0 Å². The summed E-state index contributed by atoms with van der Waals surface area (Å²) in [5.74, 6) is -0.213. The first-order valence-corrected chi connectivity index (χ1v) is 10.8. The van der Waals surface area contributed by atoms with E-state index in [4.69, 9.17) is 14.2 Å². The predicted octanol–water partition coefficient (Wildman–Crippen LogP) is 3.69. The van der Waals surface area contributed by atoms with Gasteiger partial charge >= 0.3 is 0 Å². The summed E-state index contributed by atoms with van der Waals surface area (Å²) >= 11 is 0. The molecule has 2 fully saturated rings. The van der Waals surface area contributed by atoms with Crippen molar-refractivity contribution >= 4 is 17.4 Å². The van der Waals surface area contributed by atoms with E-state index in [1.807, 2.05) is 19.1 Å². The van der Waals surface area contributed by atoms with Crippen LogP contribution in [0.1, 0.15) is 36.9 Å². The van der Waals surface area contributed by atoms with Gasteiger partial charge in [0, 0.05) is 18.7 Å². The van der Waals surface area contributed by atoms with E-state index in [0.717, 1.165) is 18.4 Å². The van der Waals surface area contributed by atoms with Gasteiger partial charge in [-0.3, -0.25) is 9.59 Å². The van der Waals surface area contributed by atoms with Crippen molar-refractivity contribution < 1.29 is 28.9 Å². The molecule has 0 saturated carbocycles. The Balaban J connectivity index is 1.77. The monoisotopic (exact) mass is 437 g/mol. The van der Waals surface area contributed by atoms with Crippen molar-refractivity contribution in [3.63, 3.8) is 0 Å². The van der Waals surface area contributed by atoms with Gasteiger partial charge < -0.3 is 24.2 Å². The predicted molar refractivity (Wildman–Crippen MR) is 119 cm³/mol. The average molecular weight is 437 g/mol. The van der Waals surface area contributed by atoms with Crippen LogP contribution in [0.2, 0.25) is 0 Å². The maximum absolute atomic E-state index is 13.1. The molecule has 0 radical (unpaired) electrons. The van der Waals surface area contributed by atoms with Gasteiger partial charge in [-0.25, -0.2) is 0 Å². The third-order valence-corrected chi connectivity index (χ3v) is 5.83. The summed E-state index contributed by atoms with van der Waals surface area (Å²) in [6.45, 7) is 3.38. The van der Waals surface area contributed by atoms with Gasteiger partial charge in [-0.2, -0.15) is 0 Å². The third-order valence-electron chi connectivity index (χ3n) is 5.83. The molecule has 0 unspecified atom stereocenters. The second kappa shape index (κ2) is 9.44. The number of ether oxygens (including phenoxy) is 3. The molecule has 2 saturated heterocycles. The highest BCUT2D eigenvalue weighted by Crippen LogP contribution is 2.40. The molecule has 0 spiro atoms. The second-order valence-electron chi connectivity index (χ2n) is 7.82. The van der Waals surface area contributed by atoms with Gasteiger partial charge in [0.1, 0.15) is 17.3 Å². The van der Waals surface area contributed by atoms with Crippen LogP contribution in [-0.4, -0.2) is 54.7 Å². The molecule has 2 aliphatic heterocycles. The maximum Gasteiger partial charge on any atom is 0.295 e. The number of nitrogens with zero attached hydrogens (tertiary/aromatic N) is 1. The van der Waals surface area contributed by atoms with Crippen LogP contribution in [-0.2, 0) is 14.3 Å². The largest absolute Gasteiger partial charge is 0.507 e. The van der Waals surface area contributed by atoms with Crippen molar-refractivity contribution in [2.75, 3.05) is 26.9 Å². The zero-order chi connectivity index (χ0) is 22.7. The van der Waals surface area contributed by atoms with Gasteiger partial charge in [0.05, 0.1) is 31.4 Å². The minimum Gasteiger partial charge on any atom is -0.507 e. The van der Waals surface area contributed by atoms with E-state index in [2.05, 4.69) is 0 Å². The average Bonchev–Trinajstić information content (AvgIpc) is 3.42. The highest BCUT2D eigenvalue weighted by molar-refractivity contribution is 6.46. The normalized spacial score (nSPS) is 22.4. The first-order valence-electron chi connectivity index (χ1n) is 10.8. The number of likely N-dealkylation sites (tertiary alicyclic amines) is 1. The third kappa shape index (κ3) is 4.21. The molecule has 32 heavy (non-hydrogen) atoms. The number of hydrogen-bond donors (Lipinski definition) is 1. The number of carbonyl (C=O) groups is 2. The Morgan fingerprint density at radius 2 is 1.78 bits per heavy atom. The molecule has 2 heterocycles. The summed E-state index contributed by atoms with van der Waals surface area (Å²) in [5, 5.41) is 11.1. The van der Waals surface area contributed by atoms with Crippen molar-refractivity contribution in [2.24, 2.45) is 0 Å². The molecule has 0 aliphatic carbocycles. The highest BCUT2D eigenvalue weighted by atomic mass is 16.5.